The Morgan fingerprint density at radius 1 is 1.04 bits per heavy atom. The molecule has 1 aliphatic rings. The molecule has 0 bridgehead atoms. The number of benzene rings is 2. The van der Waals surface area contributed by atoms with Crippen molar-refractivity contribution in [1.29, 1.82) is 0 Å². The molecular formula is C20H20FN3O3S. The minimum Gasteiger partial charge on any atom is -0.339 e. The van der Waals surface area contributed by atoms with Crippen molar-refractivity contribution in [3.05, 3.63) is 65.8 Å². The third kappa shape index (κ3) is 3.70. The van der Waals surface area contributed by atoms with E-state index in [1.165, 1.54) is 16.4 Å². The molecule has 0 aliphatic carbocycles. The largest absolute Gasteiger partial charge is 0.339 e. The lowest BCUT2D eigenvalue weighted by Gasteiger charge is -2.29. The molecule has 0 N–H and O–H groups in total. The SMILES string of the molecule is Cc1ccc(-c2noc(C3CCN(S(=O)(=O)c4ccc(F)cc4)CC3)n2)cc1. The van der Waals surface area contributed by atoms with Crippen molar-refractivity contribution in [1.82, 2.24) is 14.4 Å². The molecule has 0 saturated carbocycles. The summed E-state index contributed by atoms with van der Waals surface area (Å²) in [6, 6.07) is 12.8. The van der Waals surface area contributed by atoms with Crippen LogP contribution < -0.4 is 0 Å². The molecule has 0 radical (unpaired) electrons. The highest BCUT2D eigenvalue weighted by Crippen LogP contribution is 2.31. The summed E-state index contributed by atoms with van der Waals surface area (Å²) >= 11 is 0. The van der Waals surface area contributed by atoms with Crippen LogP contribution in [0.4, 0.5) is 4.39 Å². The van der Waals surface area contributed by atoms with E-state index in [1.54, 1.807) is 0 Å². The van der Waals surface area contributed by atoms with E-state index in [2.05, 4.69) is 10.1 Å². The Kier molecular flexibility index (Phi) is 4.99. The van der Waals surface area contributed by atoms with Crippen LogP contribution in [0.1, 0.15) is 30.2 Å². The van der Waals surface area contributed by atoms with Crippen LogP contribution in [-0.4, -0.2) is 36.0 Å². The summed E-state index contributed by atoms with van der Waals surface area (Å²) in [4.78, 5) is 4.61. The number of sulfonamides is 1. The molecule has 1 saturated heterocycles. The summed E-state index contributed by atoms with van der Waals surface area (Å²) in [6.45, 7) is 2.72. The molecule has 1 aromatic heterocycles. The topological polar surface area (TPSA) is 76.3 Å². The molecule has 2 heterocycles. The Balaban J connectivity index is 1.44. The fraction of sp³-hybridized carbons (Fsp3) is 0.300. The Hall–Kier alpha value is -2.58. The number of halogens is 1. The van der Waals surface area contributed by atoms with Gasteiger partial charge in [-0.25, -0.2) is 12.8 Å². The van der Waals surface area contributed by atoms with Gasteiger partial charge in [0.2, 0.25) is 21.7 Å². The first kappa shape index (κ1) is 18.8. The zero-order valence-corrected chi connectivity index (χ0v) is 16.2. The van der Waals surface area contributed by atoms with Crippen LogP contribution in [0, 0.1) is 12.7 Å². The molecule has 146 valence electrons. The maximum absolute atomic E-state index is 13.1. The van der Waals surface area contributed by atoms with Crippen molar-refractivity contribution in [2.75, 3.05) is 13.1 Å². The van der Waals surface area contributed by atoms with Crippen LogP contribution in [0.15, 0.2) is 57.9 Å². The highest BCUT2D eigenvalue weighted by Gasteiger charge is 2.32. The van der Waals surface area contributed by atoms with Gasteiger partial charge in [0.15, 0.2) is 0 Å². The number of nitrogens with zero attached hydrogens (tertiary/aromatic N) is 3. The van der Waals surface area contributed by atoms with Crippen molar-refractivity contribution in [3.63, 3.8) is 0 Å². The minimum atomic E-state index is -3.63. The number of aryl methyl sites for hydroxylation is 1. The van der Waals surface area contributed by atoms with E-state index in [9.17, 15) is 12.8 Å². The molecule has 1 fully saturated rings. The fourth-order valence-corrected chi connectivity index (χ4v) is 4.79. The predicted octanol–water partition coefficient (Wildman–Crippen LogP) is 3.75. The lowest BCUT2D eigenvalue weighted by Crippen LogP contribution is -2.37. The predicted molar refractivity (Wildman–Crippen MR) is 102 cm³/mol. The van der Waals surface area contributed by atoms with Crippen LogP contribution in [0.25, 0.3) is 11.4 Å². The number of piperidine rings is 1. The monoisotopic (exact) mass is 401 g/mol. The number of hydrogen-bond donors (Lipinski definition) is 0. The summed E-state index contributed by atoms with van der Waals surface area (Å²) < 4.78 is 45.4. The first-order valence-corrected chi connectivity index (χ1v) is 10.5. The van der Waals surface area contributed by atoms with Gasteiger partial charge in [0.25, 0.3) is 0 Å². The van der Waals surface area contributed by atoms with Gasteiger partial charge in [0.1, 0.15) is 5.82 Å². The van der Waals surface area contributed by atoms with Gasteiger partial charge in [-0.2, -0.15) is 9.29 Å². The molecule has 0 amide bonds. The summed E-state index contributed by atoms with van der Waals surface area (Å²) in [5.41, 5.74) is 2.04. The zero-order valence-electron chi connectivity index (χ0n) is 15.4. The average molecular weight is 401 g/mol. The molecule has 1 aliphatic heterocycles. The van der Waals surface area contributed by atoms with Gasteiger partial charge >= 0.3 is 0 Å². The summed E-state index contributed by atoms with van der Waals surface area (Å²) in [7, 11) is -3.63. The van der Waals surface area contributed by atoms with E-state index in [4.69, 9.17) is 4.52 Å². The van der Waals surface area contributed by atoms with Crippen LogP contribution in [0.5, 0.6) is 0 Å². The Morgan fingerprint density at radius 2 is 1.68 bits per heavy atom. The smallest absolute Gasteiger partial charge is 0.243 e. The van der Waals surface area contributed by atoms with Crippen LogP contribution in [0.2, 0.25) is 0 Å². The molecule has 2 aromatic carbocycles. The first-order chi connectivity index (χ1) is 13.4. The molecule has 0 spiro atoms. The van der Waals surface area contributed by atoms with Crippen molar-refractivity contribution in [2.24, 2.45) is 0 Å². The van der Waals surface area contributed by atoms with Gasteiger partial charge in [-0.1, -0.05) is 35.0 Å². The van der Waals surface area contributed by atoms with Gasteiger partial charge < -0.3 is 4.52 Å². The average Bonchev–Trinajstić information content (AvgIpc) is 3.19. The molecule has 8 heteroatoms. The Bertz CT molecular complexity index is 1050. The minimum absolute atomic E-state index is 0.0198. The van der Waals surface area contributed by atoms with Crippen LogP contribution >= 0.6 is 0 Å². The van der Waals surface area contributed by atoms with Crippen molar-refractivity contribution < 1.29 is 17.3 Å². The normalized spacial score (nSPS) is 16.4. The van der Waals surface area contributed by atoms with Gasteiger partial charge in [-0.15, -0.1) is 0 Å². The van der Waals surface area contributed by atoms with Gasteiger partial charge in [-0.3, -0.25) is 0 Å². The van der Waals surface area contributed by atoms with E-state index < -0.39 is 15.8 Å². The molecule has 28 heavy (non-hydrogen) atoms. The second-order valence-electron chi connectivity index (χ2n) is 6.95. The quantitative estimate of drug-likeness (QED) is 0.665. The third-order valence-corrected chi connectivity index (χ3v) is 6.92. The highest BCUT2D eigenvalue weighted by molar-refractivity contribution is 7.89. The maximum atomic E-state index is 13.1. The number of aromatic nitrogens is 2. The van der Waals surface area contributed by atoms with Crippen LogP contribution in [-0.2, 0) is 10.0 Å². The standard InChI is InChI=1S/C20H20FN3O3S/c1-14-2-4-15(5-3-14)19-22-20(27-23-19)16-10-12-24(13-11-16)28(25,26)18-8-6-17(21)7-9-18/h2-9,16H,10-13H2,1H3. The fourth-order valence-electron chi connectivity index (χ4n) is 3.32. The molecule has 3 aromatic rings. The lowest BCUT2D eigenvalue weighted by atomic mass is 9.98. The van der Waals surface area contributed by atoms with Gasteiger partial charge in [0, 0.05) is 24.6 Å². The number of hydrogen-bond acceptors (Lipinski definition) is 5. The van der Waals surface area contributed by atoms with Gasteiger partial charge in [-0.05, 0) is 44.0 Å². The highest BCUT2D eigenvalue weighted by atomic mass is 32.2. The summed E-state index contributed by atoms with van der Waals surface area (Å²) in [5, 5.41) is 4.06. The van der Waals surface area contributed by atoms with E-state index in [1.807, 2.05) is 31.2 Å². The molecular weight excluding hydrogens is 381 g/mol. The van der Waals surface area contributed by atoms with Crippen molar-refractivity contribution >= 4 is 10.0 Å². The Morgan fingerprint density at radius 3 is 2.32 bits per heavy atom. The molecule has 0 unspecified atom stereocenters. The second kappa shape index (κ2) is 7.44. The van der Waals surface area contributed by atoms with E-state index in [0.717, 1.165) is 23.3 Å². The second-order valence-corrected chi connectivity index (χ2v) is 8.89. The summed E-state index contributed by atoms with van der Waals surface area (Å²) in [6.07, 6.45) is 1.19. The maximum Gasteiger partial charge on any atom is 0.243 e. The first-order valence-electron chi connectivity index (χ1n) is 9.10. The Labute approximate surface area is 163 Å². The van der Waals surface area contributed by atoms with Crippen molar-refractivity contribution in [3.8, 4) is 11.4 Å². The van der Waals surface area contributed by atoms with Gasteiger partial charge in [0.05, 0.1) is 4.90 Å². The molecule has 6 nitrogen and oxygen atoms in total. The van der Waals surface area contributed by atoms with Crippen molar-refractivity contribution in [2.45, 2.75) is 30.6 Å². The van der Waals surface area contributed by atoms with E-state index in [-0.39, 0.29) is 10.8 Å². The number of rotatable bonds is 4. The summed E-state index contributed by atoms with van der Waals surface area (Å²) in [5.74, 6) is 0.635. The lowest BCUT2D eigenvalue weighted by molar-refractivity contribution is 0.271. The molecule has 4 rings (SSSR count). The molecule has 0 atom stereocenters. The van der Waals surface area contributed by atoms with E-state index >= 15 is 0 Å². The zero-order chi connectivity index (χ0) is 19.7. The van der Waals surface area contributed by atoms with Crippen LogP contribution in [0.3, 0.4) is 0 Å². The van der Waals surface area contributed by atoms with E-state index in [0.29, 0.717) is 37.6 Å². The third-order valence-electron chi connectivity index (χ3n) is 5.01.